The van der Waals surface area contributed by atoms with Gasteiger partial charge in [-0.2, -0.15) is 0 Å². The molecule has 1 aliphatic rings. The van der Waals surface area contributed by atoms with E-state index in [0.29, 0.717) is 14.0 Å². The van der Waals surface area contributed by atoms with Gasteiger partial charge in [0.25, 0.3) is 5.65 Å². The Bertz CT molecular complexity index is 173. The minimum absolute atomic E-state index is 0.100. The highest BCUT2D eigenvalue weighted by molar-refractivity contribution is 8.03. The van der Waals surface area contributed by atoms with E-state index in [1.165, 1.54) is 0 Å². The van der Waals surface area contributed by atoms with E-state index in [4.69, 9.17) is 4.74 Å². The van der Waals surface area contributed by atoms with Crippen molar-refractivity contribution in [2.75, 3.05) is 33.0 Å². The lowest BCUT2D eigenvalue weighted by Crippen LogP contribution is -2.42. The lowest BCUT2D eigenvalue weighted by atomic mass is 10.4. The molecule has 68 valence electrons. The number of hydrogen-bond donors (Lipinski definition) is 1. The van der Waals surface area contributed by atoms with Gasteiger partial charge in [0.05, 0.1) is 27.2 Å². The van der Waals surface area contributed by atoms with Crippen LogP contribution >= 0.6 is 7.36 Å². The second-order valence-electron chi connectivity index (χ2n) is 2.46. The van der Waals surface area contributed by atoms with Gasteiger partial charge in [-0.25, -0.2) is 0 Å². The van der Waals surface area contributed by atoms with Gasteiger partial charge in [-0.05, 0) is 11.8 Å². The van der Waals surface area contributed by atoms with Crippen LogP contribution in [0.5, 0.6) is 0 Å². The van der Waals surface area contributed by atoms with E-state index in [1.807, 2.05) is 0 Å². The highest BCUT2D eigenvalue weighted by Crippen LogP contribution is 1.96. The molecule has 0 aromatic heterocycles. The molecule has 0 spiro atoms. The molecule has 1 aliphatic heterocycles. The molecule has 0 aliphatic carbocycles. The summed E-state index contributed by atoms with van der Waals surface area (Å²) >= 11 is 4.56. The maximum atomic E-state index is 10.8. The largest absolute Gasteiger partial charge is 0.379 e. The SMILES string of the molecule is O=C(NCN1CCOCC1)P=S. The van der Waals surface area contributed by atoms with Crippen molar-refractivity contribution in [1.29, 1.82) is 0 Å². The molecule has 4 nitrogen and oxygen atoms in total. The molecule has 1 N–H and O–H groups in total. The Morgan fingerprint density at radius 3 is 2.83 bits per heavy atom. The van der Waals surface area contributed by atoms with E-state index in [2.05, 4.69) is 22.0 Å². The van der Waals surface area contributed by atoms with Crippen molar-refractivity contribution in [2.24, 2.45) is 0 Å². The molecule has 0 saturated carbocycles. The van der Waals surface area contributed by atoms with Gasteiger partial charge in [-0.1, -0.05) is 0 Å². The quantitative estimate of drug-likeness (QED) is 0.678. The highest BCUT2D eigenvalue weighted by atomic mass is 32.4. The molecule has 12 heavy (non-hydrogen) atoms. The number of carbonyl (C=O) groups excluding carboxylic acids is 1. The summed E-state index contributed by atoms with van der Waals surface area (Å²) in [5, 5.41) is 2.72. The predicted octanol–water partition coefficient (Wildman–Crippen LogP) is 0.394. The van der Waals surface area contributed by atoms with Crippen molar-refractivity contribution in [3.05, 3.63) is 0 Å². The van der Waals surface area contributed by atoms with E-state index < -0.39 is 0 Å². The molecule has 1 saturated heterocycles. The Balaban J connectivity index is 2.12. The summed E-state index contributed by atoms with van der Waals surface area (Å²) in [5.74, 6) is 0. The number of hydrogen-bond acceptors (Lipinski definition) is 4. The normalized spacial score (nSPS) is 19.3. The Labute approximate surface area is 78.1 Å². The minimum atomic E-state index is -0.100. The molecular formula is C6H11N2O2PS. The number of ether oxygens (including phenoxy) is 1. The standard InChI is InChI=1S/C6H11N2O2PS/c9-6(11-12)7-5-8-1-3-10-4-2-8/h1-5H2,(H,7,9). The molecule has 1 rings (SSSR count). The van der Waals surface area contributed by atoms with E-state index >= 15 is 0 Å². The number of nitrogens with one attached hydrogen (secondary N) is 1. The third-order valence-electron chi connectivity index (χ3n) is 1.64. The molecule has 0 aromatic rings. The summed E-state index contributed by atoms with van der Waals surface area (Å²) < 4.78 is 5.16. The van der Waals surface area contributed by atoms with Crippen LogP contribution in [-0.2, 0) is 16.5 Å². The van der Waals surface area contributed by atoms with Gasteiger partial charge in [0.1, 0.15) is 0 Å². The number of carbonyl (C=O) groups is 1. The van der Waals surface area contributed by atoms with Crippen molar-refractivity contribution in [3.8, 4) is 0 Å². The molecule has 1 amide bonds. The average Bonchev–Trinajstić information content (AvgIpc) is 2.16. The molecule has 1 heterocycles. The van der Waals surface area contributed by atoms with Crippen LogP contribution in [0.4, 0.5) is 4.79 Å². The molecular weight excluding hydrogens is 195 g/mol. The Hall–Kier alpha value is -0.0900. The van der Waals surface area contributed by atoms with Gasteiger partial charge in [0, 0.05) is 13.1 Å². The summed E-state index contributed by atoms with van der Waals surface area (Å²) in [6.45, 7) is 3.86. The third-order valence-corrected chi connectivity index (χ3v) is 2.46. The lowest BCUT2D eigenvalue weighted by molar-refractivity contribution is 0.0360. The molecule has 0 atom stereocenters. The molecule has 1 fully saturated rings. The van der Waals surface area contributed by atoms with Crippen LogP contribution < -0.4 is 5.32 Å². The van der Waals surface area contributed by atoms with Gasteiger partial charge in [-0.3, -0.25) is 9.69 Å². The number of amides is 1. The highest BCUT2D eigenvalue weighted by Gasteiger charge is 2.09. The lowest BCUT2D eigenvalue weighted by Gasteiger charge is -2.26. The van der Waals surface area contributed by atoms with Gasteiger partial charge in [-0.15, -0.1) is 0 Å². The molecule has 0 bridgehead atoms. The number of rotatable bonds is 3. The van der Waals surface area contributed by atoms with Crippen molar-refractivity contribution in [3.63, 3.8) is 0 Å². The molecule has 0 aromatic carbocycles. The predicted molar refractivity (Wildman–Crippen MR) is 50.1 cm³/mol. The zero-order valence-corrected chi connectivity index (χ0v) is 8.37. The zero-order valence-electron chi connectivity index (χ0n) is 6.65. The van der Waals surface area contributed by atoms with Crippen LogP contribution in [0, 0.1) is 0 Å². The first-order valence-corrected chi connectivity index (χ1v) is 5.65. The van der Waals surface area contributed by atoms with Crippen molar-refractivity contribution >= 4 is 24.8 Å². The monoisotopic (exact) mass is 206 g/mol. The smallest absolute Gasteiger partial charge is 0.281 e. The summed E-state index contributed by atoms with van der Waals surface area (Å²) in [5.41, 5.74) is -0.100. The number of nitrogens with zero attached hydrogens (tertiary/aromatic N) is 1. The van der Waals surface area contributed by atoms with Gasteiger partial charge >= 0.3 is 0 Å². The van der Waals surface area contributed by atoms with E-state index in [9.17, 15) is 4.79 Å². The maximum Gasteiger partial charge on any atom is 0.281 e. The summed E-state index contributed by atoms with van der Waals surface area (Å²) in [4.78, 5) is 12.9. The van der Waals surface area contributed by atoms with Gasteiger partial charge < -0.3 is 10.1 Å². The second kappa shape index (κ2) is 5.54. The van der Waals surface area contributed by atoms with Crippen molar-refractivity contribution in [2.45, 2.75) is 0 Å². The van der Waals surface area contributed by atoms with Crippen LogP contribution in [0.25, 0.3) is 0 Å². The van der Waals surface area contributed by atoms with Crippen LogP contribution in [0.3, 0.4) is 0 Å². The Morgan fingerprint density at radius 1 is 1.58 bits per heavy atom. The average molecular weight is 206 g/mol. The minimum Gasteiger partial charge on any atom is -0.379 e. The fourth-order valence-corrected chi connectivity index (χ4v) is 1.30. The van der Waals surface area contributed by atoms with E-state index in [1.54, 1.807) is 0 Å². The topological polar surface area (TPSA) is 41.6 Å². The molecule has 6 heteroatoms. The van der Waals surface area contributed by atoms with E-state index in [0.717, 1.165) is 26.3 Å². The van der Waals surface area contributed by atoms with Gasteiger partial charge in [0.2, 0.25) is 0 Å². The first-order valence-electron chi connectivity index (χ1n) is 3.74. The van der Waals surface area contributed by atoms with Crippen molar-refractivity contribution < 1.29 is 9.53 Å². The molecule has 0 radical (unpaired) electrons. The fraction of sp³-hybridized carbons (Fsp3) is 0.833. The Kier molecular flexibility index (Phi) is 4.61. The summed E-state index contributed by atoms with van der Waals surface area (Å²) in [6.07, 6.45) is 0. The zero-order chi connectivity index (χ0) is 8.81. The summed E-state index contributed by atoms with van der Waals surface area (Å²) in [6, 6.07) is 0. The van der Waals surface area contributed by atoms with Gasteiger partial charge in [0.15, 0.2) is 0 Å². The third kappa shape index (κ3) is 3.54. The van der Waals surface area contributed by atoms with Crippen LogP contribution in [0.1, 0.15) is 0 Å². The van der Waals surface area contributed by atoms with Crippen LogP contribution in [0.15, 0.2) is 0 Å². The van der Waals surface area contributed by atoms with E-state index in [-0.39, 0.29) is 5.65 Å². The first kappa shape index (κ1) is 9.99. The second-order valence-corrected chi connectivity index (χ2v) is 3.60. The Morgan fingerprint density at radius 2 is 2.25 bits per heavy atom. The first-order chi connectivity index (χ1) is 5.83. The summed E-state index contributed by atoms with van der Waals surface area (Å²) in [7, 11) is 0.358. The maximum absolute atomic E-state index is 10.8. The number of morpholine rings is 1. The van der Waals surface area contributed by atoms with Crippen LogP contribution in [0.2, 0.25) is 0 Å². The fourth-order valence-electron chi connectivity index (χ4n) is 0.971. The molecule has 0 unspecified atom stereocenters. The van der Waals surface area contributed by atoms with Crippen LogP contribution in [-0.4, -0.2) is 43.5 Å². The van der Waals surface area contributed by atoms with Crippen molar-refractivity contribution in [1.82, 2.24) is 10.2 Å².